The third kappa shape index (κ3) is 2.65. The minimum Gasteiger partial charge on any atom is -0.399 e. The van der Waals surface area contributed by atoms with Crippen molar-refractivity contribution in [3.8, 4) is 0 Å². The molecular formula is C22H29BO2. The van der Waals surface area contributed by atoms with Gasteiger partial charge in [-0.25, -0.2) is 0 Å². The van der Waals surface area contributed by atoms with E-state index in [4.69, 9.17) is 9.31 Å². The molecule has 1 aromatic carbocycles. The van der Waals surface area contributed by atoms with Gasteiger partial charge in [-0.3, -0.25) is 0 Å². The minimum absolute atomic E-state index is 0.0778. The molecule has 1 aliphatic heterocycles. The maximum atomic E-state index is 6.24. The van der Waals surface area contributed by atoms with Crippen molar-refractivity contribution < 1.29 is 9.31 Å². The van der Waals surface area contributed by atoms with Crippen molar-refractivity contribution >= 4 is 18.2 Å². The van der Waals surface area contributed by atoms with Crippen molar-refractivity contribution in [2.75, 3.05) is 0 Å². The van der Waals surface area contributed by atoms with Gasteiger partial charge in [-0.1, -0.05) is 56.9 Å². The standard InChI is InChI=1S/C22H29BO2/c1-9-11-16-17-13-12-15(14-19(17)20(3,4)18(16)10-2)23-24-21(5,6)22(7,8)25-23/h9-14H,2H2,1,3-8H3/b11-9-. The number of hydrogen-bond acceptors (Lipinski definition) is 2. The Morgan fingerprint density at radius 3 is 2.12 bits per heavy atom. The summed E-state index contributed by atoms with van der Waals surface area (Å²) in [6.07, 6.45) is 6.26. The summed E-state index contributed by atoms with van der Waals surface area (Å²) in [6.45, 7) is 19.0. The van der Waals surface area contributed by atoms with Gasteiger partial charge in [-0.15, -0.1) is 0 Å². The van der Waals surface area contributed by atoms with E-state index in [1.165, 1.54) is 22.3 Å². The second-order valence-electron chi connectivity index (χ2n) is 8.55. The Balaban J connectivity index is 2.06. The summed E-state index contributed by atoms with van der Waals surface area (Å²) in [5.41, 5.74) is 5.46. The second kappa shape index (κ2) is 5.72. The molecule has 2 nitrogen and oxygen atoms in total. The third-order valence-corrected chi connectivity index (χ3v) is 6.03. The van der Waals surface area contributed by atoms with Gasteiger partial charge in [0.05, 0.1) is 11.2 Å². The van der Waals surface area contributed by atoms with Gasteiger partial charge in [0.25, 0.3) is 0 Å². The topological polar surface area (TPSA) is 18.5 Å². The van der Waals surface area contributed by atoms with Crippen LogP contribution in [0.5, 0.6) is 0 Å². The molecule has 0 N–H and O–H groups in total. The number of allylic oxidation sites excluding steroid dienone is 5. The summed E-state index contributed by atoms with van der Waals surface area (Å²) in [5, 5.41) is 0. The molecule has 0 atom stereocenters. The van der Waals surface area contributed by atoms with E-state index in [-0.39, 0.29) is 23.7 Å². The maximum Gasteiger partial charge on any atom is 0.494 e. The molecule has 0 aromatic heterocycles. The molecule has 3 rings (SSSR count). The van der Waals surface area contributed by atoms with Crippen molar-refractivity contribution in [1.82, 2.24) is 0 Å². The highest BCUT2D eigenvalue weighted by molar-refractivity contribution is 6.62. The van der Waals surface area contributed by atoms with E-state index in [1.54, 1.807) is 0 Å². The Morgan fingerprint density at radius 1 is 1.00 bits per heavy atom. The van der Waals surface area contributed by atoms with E-state index in [2.05, 4.69) is 85.4 Å². The molecule has 0 unspecified atom stereocenters. The molecule has 2 aliphatic rings. The van der Waals surface area contributed by atoms with E-state index in [0.29, 0.717) is 0 Å². The van der Waals surface area contributed by atoms with Gasteiger partial charge < -0.3 is 9.31 Å². The smallest absolute Gasteiger partial charge is 0.399 e. The second-order valence-corrected chi connectivity index (χ2v) is 8.55. The monoisotopic (exact) mass is 336 g/mol. The first-order valence-corrected chi connectivity index (χ1v) is 9.05. The molecule has 0 radical (unpaired) electrons. The maximum absolute atomic E-state index is 6.24. The molecule has 1 fully saturated rings. The lowest BCUT2D eigenvalue weighted by atomic mass is 9.74. The molecule has 1 aliphatic carbocycles. The van der Waals surface area contributed by atoms with Crippen molar-refractivity contribution in [2.24, 2.45) is 0 Å². The van der Waals surface area contributed by atoms with Gasteiger partial charge in [0.2, 0.25) is 0 Å². The van der Waals surface area contributed by atoms with Gasteiger partial charge in [0, 0.05) is 5.41 Å². The zero-order chi connectivity index (χ0) is 18.6. The number of benzene rings is 1. The van der Waals surface area contributed by atoms with Crippen molar-refractivity contribution in [3.05, 3.63) is 59.7 Å². The van der Waals surface area contributed by atoms with Crippen LogP contribution in [0.2, 0.25) is 0 Å². The van der Waals surface area contributed by atoms with Gasteiger partial charge in [-0.05, 0) is 62.4 Å². The fraction of sp³-hybridized carbons (Fsp3) is 0.455. The van der Waals surface area contributed by atoms with Crippen LogP contribution in [-0.4, -0.2) is 18.3 Å². The lowest BCUT2D eigenvalue weighted by Gasteiger charge is -2.32. The Morgan fingerprint density at radius 2 is 1.60 bits per heavy atom. The summed E-state index contributed by atoms with van der Waals surface area (Å²) in [4.78, 5) is 0. The largest absolute Gasteiger partial charge is 0.494 e. The van der Waals surface area contributed by atoms with E-state index >= 15 is 0 Å². The normalized spacial score (nSPS) is 23.4. The Labute approximate surface area is 152 Å². The highest BCUT2D eigenvalue weighted by atomic mass is 16.7. The van der Waals surface area contributed by atoms with Crippen LogP contribution < -0.4 is 5.46 Å². The summed E-state index contributed by atoms with van der Waals surface area (Å²) in [6, 6.07) is 6.58. The van der Waals surface area contributed by atoms with Gasteiger partial charge in [0.15, 0.2) is 0 Å². The minimum atomic E-state index is -0.330. The number of rotatable bonds is 3. The van der Waals surface area contributed by atoms with Crippen molar-refractivity contribution in [2.45, 2.75) is 65.1 Å². The zero-order valence-electron chi connectivity index (χ0n) is 16.6. The molecule has 0 bridgehead atoms. The van der Waals surface area contributed by atoms with Crippen LogP contribution in [0.3, 0.4) is 0 Å². The van der Waals surface area contributed by atoms with Gasteiger partial charge in [-0.2, -0.15) is 0 Å². The van der Waals surface area contributed by atoms with Crippen LogP contribution in [0.4, 0.5) is 0 Å². The lowest BCUT2D eigenvalue weighted by molar-refractivity contribution is 0.00578. The Kier molecular flexibility index (Phi) is 4.17. The average molecular weight is 336 g/mol. The molecule has 0 amide bonds. The SMILES string of the molecule is C=CC1=C(/C=C\C)c2ccc(B3OC(C)(C)C(C)(C)O3)cc2C1(C)C. The predicted molar refractivity (Wildman–Crippen MR) is 107 cm³/mol. The highest BCUT2D eigenvalue weighted by Gasteiger charge is 2.52. The fourth-order valence-electron chi connectivity index (χ4n) is 3.78. The van der Waals surface area contributed by atoms with Crippen LogP contribution >= 0.6 is 0 Å². The molecule has 25 heavy (non-hydrogen) atoms. The molecule has 0 spiro atoms. The summed E-state index contributed by atoms with van der Waals surface area (Å²) >= 11 is 0. The summed E-state index contributed by atoms with van der Waals surface area (Å²) in [7, 11) is -0.330. The van der Waals surface area contributed by atoms with Crippen LogP contribution in [0, 0.1) is 0 Å². The van der Waals surface area contributed by atoms with Gasteiger partial charge in [0.1, 0.15) is 0 Å². The van der Waals surface area contributed by atoms with Crippen LogP contribution in [0.1, 0.15) is 59.6 Å². The summed E-state index contributed by atoms with van der Waals surface area (Å²) < 4.78 is 12.5. The highest BCUT2D eigenvalue weighted by Crippen LogP contribution is 2.47. The number of hydrogen-bond donors (Lipinski definition) is 0. The van der Waals surface area contributed by atoms with E-state index in [1.807, 2.05) is 6.08 Å². The molecule has 1 aromatic rings. The van der Waals surface area contributed by atoms with Gasteiger partial charge >= 0.3 is 7.12 Å². The quantitative estimate of drug-likeness (QED) is 0.739. The molecule has 3 heteroatoms. The van der Waals surface area contributed by atoms with E-state index in [0.717, 1.165) is 5.46 Å². The fourth-order valence-corrected chi connectivity index (χ4v) is 3.78. The predicted octanol–water partition coefficient (Wildman–Crippen LogP) is 4.79. The Hall–Kier alpha value is -1.58. The first-order valence-electron chi connectivity index (χ1n) is 9.05. The average Bonchev–Trinajstić information content (AvgIpc) is 2.86. The molecule has 132 valence electrons. The zero-order valence-corrected chi connectivity index (χ0v) is 16.6. The number of fused-ring (bicyclic) bond motifs is 1. The van der Waals surface area contributed by atoms with Crippen LogP contribution in [0.25, 0.3) is 5.57 Å². The molecule has 0 saturated carbocycles. The van der Waals surface area contributed by atoms with Crippen molar-refractivity contribution in [1.29, 1.82) is 0 Å². The third-order valence-electron chi connectivity index (χ3n) is 6.03. The first-order chi connectivity index (χ1) is 11.5. The van der Waals surface area contributed by atoms with E-state index in [9.17, 15) is 0 Å². The van der Waals surface area contributed by atoms with Crippen molar-refractivity contribution in [3.63, 3.8) is 0 Å². The molecule has 1 heterocycles. The first kappa shape index (κ1) is 18.2. The summed E-state index contributed by atoms with van der Waals surface area (Å²) in [5.74, 6) is 0. The Bertz CT molecular complexity index is 765. The van der Waals surface area contributed by atoms with Crippen LogP contribution in [0.15, 0.2) is 48.6 Å². The van der Waals surface area contributed by atoms with Crippen LogP contribution in [-0.2, 0) is 14.7 Å². The van der Waals surface area contributed by atoms with E-state index < -0.39 is 0 Å². The lowest BCUT2D eigenvalue weighted by Crippen LogP contribution is -2.41. The molecular weight excluding hydrogens is 307 g/mol. The molecule has 1 saturated heterocycles.